The summed E-state index contributed by atoms with van der Waals surface area (Å²) >= 11 is 0. The van der Waals surface area contributed by atoms with Gasteiger partial charge in [0.15, 0.2) is 0 Å². The van der Waals surface area contributed by atoms with Gasteiger partial charge in [-0.15, -0.1) is 0 Å². The van der Waals surface area contributed by atoms with Crippen molar-refractivity contribution < 1.29 is 4.74 Å². The van der Waals surface area contributed by atoms with Gasteiger partial charge in [-0.25, -0.2) is 4.68 Å². The third-order valence-electron chi connectivity index (χ3n) is 4.67. The van der Waals surface area contributed by atoms with Crippen molar-refractivity contribution in [3.05, 3.63) is 5.69 Å². The molecule has 4 heteroatoms. The standard InChI is InChI=1S/C16H29N3O/c1-6-13-15(17)16(19(5)18-13)20-14-9-11(4)7-8-12(14)10(2)3/h10-12,14H,6-9,17H2,1-5H3. The lowest BCUT2D eigenvalue weighted by Crippen LogP contribution is -2.37. The number of ether oxygens (including phenoxy) is 1. The van der Waals surface area contributed by atoms with E-state index in [-0.39, 0.29) is 6.10 Å². The summed E-state index contributed by atoms with van der Waals surface area (Å²) in [6.45, 7) is 8.97. The highest BCUT2D eigenvalue weighted by Crippen LogP contribution is 2.37. The molecule has 0 bridgehead atoms. The summed E-state index contributed by atoms with van der Waals surface area (Å²) in [5.41, 5.74) is 7.84. The number of nitrogens with zero attached hydrogens (tertiary/aromatic N) is 2. The van der Waals surface area contributed by atoms with E-state index < -0.39 is 0 Å². The molecule has 1 aromatic rings. The van der Waals surface area contributed by atoms with Gasteiger partial charge >= 0.3 is 0 Å². The van der Waals surface area contributed by atoms with Gasteiger partial charge in [-0.05, 0) is 37.0 Å². The molecule has 0 aliphatic heterocycles. The fraction of sp³-hybridized carbons (Fsp3) is 0.812. The van der Waals surface area contributed by atoms with Crippen molar-refractivity contribution in [3.63, 3.8) is 0 Å². The van der Waals surface area contributed by atoms with Crippen LogP contribution in [-0.4, -0.2) is 15.9 Å². The van der Waals surface area contributed by atoms with Gasteiger partial charge in [-0.2, -0.15) is 5.10 Å². The minimum absolute atomic E-state index is 0.265. The van der Waals surface area contributed by atoms with E-state index in [1.165, 1.54) is 12.8 Å². The molecule has 114 valence electrons. The molecule has 0 amide bonds. The molecule has 20 heavy (non-hydrogen) atoms. The molecule has 1 aliphatic carbocycles. The summed E-state index contributed by atoms with van der Waals surface area (Å²) in [5, 5.41) is 4.45. The first kappa shape index (κ1) is 15.2. The fourth-order valence-electron chi connectivity index (χ4n) is 3.37. The average Bonchev–Trinajstić information content (AvgIpc) is 2.66. The summed E-state index contributed by atoms with van der Waals surface area (Å²) in [5.74, 6) is 2.75. The number of aryl methyl sites for hydroxylation is 2. The van der Waals surface area contributed by atoms with Crippen molar-refractivity contribution in [1.29, 1.82) is 0 Å². The first-order valence-electron chi connectivity index (χ1n) is 7.92. The predicted molar refractivity (Wildman–Crippen MR) is 82.8 cm³/mol. The SMILES string of the molecule is CCc1nn(C)c(OC2CC(C)CCC2C(C)C)c1N. The van der Waals surface area contributed by atoms with Crippen molar-refractivity contribution in [2.75, 3.05) is 5.73 Å². The minimum atomic E-state index is 0.265. The van der Waals surface area contributed by atoms with Crippen LogP contribution in [-0.2, 0) is 13.5 Å². The van der Waals surface area contributed by atoms with Crippen LogP contribution < -0.4 is 10.5 Å². The third kappa shape index (κ3) is 2.94. The molecule has 2 rings (SSSR count). The second-order valence-electron chi connectivity index (χ2n) is 6.63. The lowest BCUT2D eigenvalue weighted by atomic mass is 9.75. The maximum atomic E-state index is 6.32. The molecule has 1 fully saturated rings. The fourth-order valence-corrected chi connectivity index (χ4v) is 3.37. The van der Waals surface area contributed by atoms with Crippen LogP contribution >= 0.6 is 0 Å². The summed E-state index contributed by atoms with van der Waals surface area (Å²) in [4.78, 5) is 0. The smallest absolute Gasteiger partial charge is 0.236 e. The zero-order valence-electron chi connectivity index (χ0n) is 13.5. The second-order valence-corrected chi connectivity index (χ2v) is 6.63. The lowest BCUT2D eigenvalue weighted by molar-refractivity contribution is 0.0401. The Bertz CT molecular complexity index is 453. The number of nitrogen functional groups attached to an aromatic ring is 1. The van der Waals surface area contributed by atoms with Crippen LogP contribution in [0, 0.1) is 17.8 Å². The highest BCUT2D eigenvalue weighted by molar-refractivity contribution is 5.53. The molecule has 3 atom stereocenters. The minimum Gasteiger partial charge on any atom is -0.473 e. The van der Waals surface area contributed by atoms with Crippen LogP contribution in [0.5, 0.6) is 5.88 Å². The highest BCUT2D eigenvalue weighted by Gasteiger charge is 2.33. The Kier molecular flexibility index (Phi) is 4.61. The van der Waals surface area contributed by atoms with Gasteiger partial charge in [-0.3, -0.25) is 0 Å². The van der Waals surface area contributed by atoms with Gasteiger partial charge < -0.3 is 10.5 Å². The van der Waals surface area contributed by atoms with Gasteiger partial charge in [0.25, 0.3) is 0 Å². The van der Waals surface area contributed by atoms with Gasteiger partial charge in [0.05, 0.1) is 5.69 Å². The van der Waals surface area contributed by atoms with E-state index in [4.69, 9.17) is 10.5 Å². The summed E-state index contributed by atoms with van der Waals surface area (Å²) in [7, 11) is 1.92. The number of hydrogen-bond acceptors (Lipinski definition) is 3. The Morgan fingerprint density at radius 2 is 2.10 bits per heavy atom. The van der Waals surface area contributed by atoms with Gasteiger partial charge in [0.1, 0.15) is 11.8 Å². The Hall–Kier alpha value is -1.19. The first-order valence-corrected chi connectivity index (χ1v) is 7.92. The number of nitrogens with two attached hydrogens (primary N) is 1. The van der Waals surface area contributed by atoms with E-state index in [1.807, 2.05) is 7.05 Å². The van der Waals surface area contributed by atoms with Crippen LogP contribution in [0.25, 0.3) is 0 Å². The maximum Gasteiger partial charge on any atom is 0.236 e. The number of hydrogen-bond donors (Lipinski definition) is 1. The number of rotatable bonds is 4. The molecule has 3 unspecified atom stereocenters. The third-order valence-corrected chi connectivity index (χ3v) is 4.67. The highest BCUT2D eigenvalue weighted by atomic mass is 16.5. The lowest BCUT2D eigenvalue weighted by Gasteiger charge is -2.37. The zero-order valence-corrected chi connectivity index (χ0v) is 13.5. The summed E-state index contributed by atoms with van der Waals surface area (Å²) < 4.78 is 8.12. The van der Waals surface area contributed by atoms with E-state index in [1.54, 1.807) is 4.68 Å². The zero-order chi connectivity index (χ0) is 14.9. The number of anilines is 1. The van der Waals surface area contributed by atoms with Crippen LogP contribution in [0.3, 0.4) is 0 Å². The largest absolute Gasteiger partial charge is 0.473 e. The summed E-state index contributed by atoms with van der Waals surface area (Å²) in [6, 6.07) is 0. The summed E-state index contributed by atoms with van der Waals surface area (Å²) in [6.07, 6.45) is 4.79. The molecule has 0 aromatic carbocycles. The Balaban J connectivity index is 2.20. The second kappa shape index (κ2) is 6.06. The van der Waals surface area contributed by atoms with Crippen LogP contribution in [0.1, 0.15) is 52.7 Å². The van der Waals surface area contributed by atoms with Crippen molar-refractivity contribution in [3.8, 4) is 5.88 Å². The first-order chi connectivity index (χ1) is 9.43. The molecule has 1 heterocycles. The van der Waals surface area contributed by atoms with Crippen molar-refractivity contribution in [2.24, 2.45) is 24.8 Å². The van der Waals surface area contributed by atoms with Gasteiger partial charge in [0, 0.05) is 7.05 Å². The molecule has 0 saturated heterocycles. The van der Waals surface area contributed by atoms with E-state index in [2.05, 4.69) is 32.8 Å². The molecule has 1 saturated carbocycles. The van der Waals surface area contributed by atoms with Crippen molar-refractivity contribution in [2.45, 2.75) is 59.5 Å². The van der Waals surface area contributed by atoms with E-state index >= 15 is 0 Å². The molecular weight excluding hydrogens is 250 g/mol. The average molecular weight is 279 g/mol. The molecule has 2 N–H and O–H groups in total. The number of aromatic nitrogens is 2. The van der Waals surface area contributed by atoms with Crippen LogP contribution in [0.4, 0.5) is 5.69 Å². The quantitative estimate of drug-likeness (QED) is 0.919. The maximum absolute atomic E-state index is 6.32. The Labute approximate surface area is 122 Å². The van der Waals surface area contributed by atoms with E-state index in [0.717, 1.165) is 36.0 Å². The Morgan fingerprint density at radius 1 is 1.40 bits per heavy atom. The van der Waals surface area contributed by atoms with Crippen molar-refractivity contribution in [1.82, 2.24) is 9.78 Å². The van der Waals surface area contributed by atoms with E-state index in [9.17, 15) is 0 Å². The van der Waals surface area contributed by atoms with Gasteiger partial charge in [0.2, 0.25) is 5.88 Å². The molecular formula is C16H29N3O. The predicted octanol–water partition coefficient (Wildman–Crippen LogP) is 3.40. The normalized spacial score (nSPS) is 27.0. The molecule has 0 spiro atoms. The van der Waals surface area contributed by atoms with Crippen LogP contribution in [0.15, 0.2) is 0 Å². The molecule has 0 radical (unpaired) electrons. The van der Waals surface area contributed by atoms with Gasteiger partial charge in [-0.1, -0.05) is 34.1 Å². The van der Waals surface area contributed by atoms with E-state index in [0.29, 0.717) is 11.8 Å². The van der Waals surface area contributed by atoms with Crippen LogP contribution in [0.2, 0.25) is 0 Å². The Morgan fingerprint density at radius 3 is 2.65 bits per heavy atom. The molecule has 1 aliphatic rings. The molecule has 4 nitrogen and oxygen atoms in total. The monoisotopic (exact) mass is 279 g/mol. The van der Waals surface area contributed by atoms with Crippen molar-refractivity contribution >= 4 is 5.69 Å². The molecule has 1 aromatic heterocycles. The topological polar surface area (TPSA) is 53.1 Å².